The minimum Gasteiger partial charge on any atom is -0.481 e. The molecule has 7 heteroatoms. The number of carboxylic acids is 1. The summed E-state index contributed by atoms with van der Waals surface area (Å²) in [5, 5.41) is 17.0. The van der Waals surface area contributed by atoms with E-state index in [9.17, 15) is 4.79 Å². The van der Waals surface area contributed by atoms with Crippen molar-refractivity contribution in [3.05, 3.63) is 0 Å². The van der Waals surface area contributed by atoms with Crippen molar-refractivity contribution in [2.24, 2.45) is 11.8 Å². The van der Waals surface area contributed by atoms with Crippen LogP contribution < -0.4 is 0 Å². The second-order valence-corrected chi connectivity index (χ2v) is 9.78. The number of rotatable bonds is 14. The number of carbonyl (C=O) groups is 1. The molecule has 5 nitrogen and oxygen atoms in total. The number of aliphatic hydroxyl groups is 1. The van der Waals surface area contributed by atoms with E-state index in [1.165, 1.54) is 12.8 Å². The number of hydrogen-bond acceptors (Lipinski definition) is 6. The first-order valence-electron chi connectivity index (χ1n) is 11.5. The maximum Gasteiger partial charge on any atom is 0.303 e. The Bertz CT molecular complexity index is 362. The third-order valence-corrected chi connectivity index (χ3v) is 5.29. The van der Waals surface area contributed by atoms with E-state index in [1.807, 2.05) is 0 Å². The zero-order valence-corrected chi connectivity index (χ0v) is 21.5. The molecule has 2 N–H and O–H groups in total. The maximum atomic E-state index is 10.1. The van der Waals surface area contributed by atoms with Crippen LogP contribution in [0.4, 0.5) is 0 Å². The number of aliphatic hydroxyl groups excluding tert-OH is 1. The van der Waals surface area contributed by atoms with Gasteiger partial charge in [0.1, 0.15) is 0 Å². The lowest BCUT2D eigenvalue weighted by Gasteiger charge is -2.10. The van der Waals surface area contributed by atoms with E-state index < -0.39 is 5.97 Å². The van der Waals surface area contributed by atoms with Gasteiger partial charge in [-0.2, -0.15) is 25.3 Å². The van der Waals surface area contributed by atoms with Crippen LogP contribution in [0.1, 0.15) is 85.5 Å². The molecular formula is C23H48O5S2. The van der Waals surface area contributed by atoms with Gasteiger partial charge in [-0.1, -0.05) is 34.1 Å². The second-order valence-electron chi connectivity index (χ2n) is 8.60. The fraction of sp³-hybridized carbons (Fsp3) is 0.957. The van der Waals surface area contributed by atoms with Gasteiger partial charge >= 0.3 is 5.97 Å². The van der Waals surface area contributed by atoms with Crippen LogP contribution in [0.15, 0.2) is 0 Å². The molecule has 0 aromatic heterocycles. The van der Waals surface area contributed by atoms with Crippen LogP contribution in [0.3, 0.4) is 0 Å². The molecular weight excluding hydrogens is 420 g/mol. The molecule has 0 aromatic rings. The molecule has 1 aliphatic rings. The molecule has 2 unspecified atom stereocenters. The molecule has 182 valence electrons. The Morgan fingerprint density at radius 1 is 1.10 bits per heavy atom. The summed E-state index contributed by atoms with van der Waals surface area (Å²) in [5.41, 5.74) is 0. The Morgan fingerprint density at radius 2 is 1.77 bits per heavy atom. The molecule has 2 atom stereocenters. The molecule has 0 aliphatic carbocycles. The molecule has 0 bridgehead atoms. The fourth-order valence-corrected chi connectivity index (χ4v) is 3.34. The molecule has 1 fully saturated rings. The third-order valence-electron chi connectivity index (χ3n) is 4.51. The van der Waals surface area contributed by atoms with Crippen molar-refractivity contribution in [3.8, 4) is 0 Å². The van der Waals surface area contributed by atoms with Gasteiger partial charge in [-0.05, 0) is 62.5 Å². The van der Waals surface area contributed by atoms with Gasteiger partial charge in [0.2, 0.25) is 0 Å². The number of thiol groups is 2. The van der Waals surface area contributed by atoms with Crippen LogP contribution in [-0.2, 0) is 14.3 Å². The van der Waals surface area contributed by atoms with E-state index in [4.69, 9.17) is 19.7 Å². The highest BCUT2D eigenvalue weighted by atomic mass is 32.1. The summed E-state index contributed by atoms with van der Waals surface area (Å²) in [5.74, 6) is 1.54. The Kier molecular flexibility index (Phi) is 25.5. The summed E-state index contributed by atoms with van der Waals surface area (Å²) < 4.78 is 10.9. The summed E-state index contributed by atoms with van der Waals surface area (Å²) in [4.78, 5) is 10.1. The molecule has 1 rings (SSSR count). The molecule has 1 aliphatic heterocycles. The van der Waals surface area contributed by atoms with Crippen molar-refractivity contribution in [1.29, 1.82) is 0 Å². The van der Waals surface area contributed by atoms with Crippen LogP contribution in [0, 0.1) is 11.8 Å². The summed E-state index contributed by atoms with van der Waals surface area (Å²) in [6.07, 6.45) is 8.86. The lowest BCUT2D eigenvalue weighted by atomic mass is 10.1. The summed E-state index contributed by atoms with van der Waals surface area (Å²) in [6.45, 7) is 11.6. The number of hydrogen-bond donors (Lipinski definition) is 4. The first-order chi connectivity index (χ1) is 14.2. The Hall–Kier alpha value is 0.0500. The normalized spacial score (nSPS) is 16.6. The molecule has 30 heavy (non-hydrogen) atoms. The van der Waals surface area contributed by atoms with Crippen LogP contribution in [0.2, 0.25) is 0 Å². The van der Waals surface area contributed by atoms with Gasteiger partial charge in [0.05, 0.1) is 12.7 Å². The first-order valence-corrected chi connectivity index (χ1v) is 12.7. The van der Waals surface area contributed by atoms with Crippen LogP contribution in [0.25, 0.3) is 0 Å². The van der Waals surface area contributed by atoms with E-state index in [2.05, 4.69) is 53.0 Å². The monoisotopic (exact) mass is 468 g/mol. The number of carboxylic acid groups (broad SMARTS) is 1. The smallest absolute Gasteiger partial charge is 0.303 e. The Balaban J connectivity index is 0. The molecule has 1 saturated heterocycles. The summed E-state index contributed by atoms with van der Waals surface area (Å²) in [7, 11) is 0. The van der Waals surface area contributed by atoms with Crippen LogP contribution in [0.5, 0.6) is 0 Å². The molecule has 1 heterocycles. The number of unbranched alkanes of at least 4 members (excludes halogenated alkanes) is 1. The number of aliphatic carboxylic acids is 1. The summed E-state index contributed by atoms with van der Waals surface area (Å²) >= 11 is 8.43. The molecule has 0 spiro atoms. The van der Waals surface area contributed by atoms with Gasteiger partial charge in [-0.3, -0.25) is 4.79 Å². The topological polar surface area (TPSA) is 76.0 Å². The lowest BCUT2D eigenvalue weighted by molar-refractivity contribution is -0.137. The van der Waals surface area contributed by atoms with Crippen molar-refractivity contribution in [3.63, 3.8) is 0 Å². The van der Waals surface area contributed by atoms with Crippen LogP contribution >= 0.6 is 25.3 Å². The molecule has 0 radical (unpaired) electrons. The standard InChI is InChI=1S/C10H20O2.C8H16O2S2.C5H12O/c1-9(2)5-7-11-8-10-4-3-6-12-10;9-8(10)4-2-1-3-7(12)5-6-11;1-5(2)3-4-6/h9-10H,3-8H2,1-2H3;7,11-12H,1-6H2,(H,9,10);5-6H,3-4H2,1-2H3. The highest BCUT2D eigenvalue weighted by Gasteiger charge is 2.14. The van der Waals surface area contributed by atoms with Crippen LogP contribution in [-0.4, -0.2) is 59.7 Å². The Morgan fingerprint density at radius 3 is 2.20 bits per heavy atom. The molecule has 0 aromatic carbocycles. The van der Waals surface area contributed by atoms with Gasteiger partial charge in [0.25, 0.3) is 0 Å². The van der Waals surface area contributed by atoms with Gasteiger partial charge in [0, 0.05) is 31.5 Å². The zero-order chi connectivity index (χ0) is 23.2. The highest BCUT2D eigenvalue weighted by Crippen LogP contribution is 2.13. The zero-order valence-electron chi connectivity index (χ0n) is 19.7. The SMILES string of the molecule is CC(C)CCO.CC(C)CCOCC1CCCO1.O=C(O)CCCCC(S)CCS. The predicted octanol–water partition coefficient (Wildman–Crippen LogP) is 5.50. The van der Waals surface area contributed by atoms with Gasteiger partial charge in [0.15, 0.2) is 0 Å². The molecule has 0 amide bonds. The van der Waals surface area contributed by atoms with E-state index in [0.29, 0.717) is 23.9 Å². The number of ether oxygens (including phenoxy) is 2. The quantitative estimate of drug-likeness (QED) is 0.200. The van der Waals surface area contributed by atoms with Crippen molar-refractivity contribution in [2.75, 3.05) is 32.2 Å². The van der Waals surface area contributed by atoms with E-state index in [-0.39, 0.29) is 6.42 Å². The lowest BCUT2D eigenvalue weighted by Crippen LogP contribution is -2.14. The van der Waals surface area contributed by atoms with E-state index in [0.717, 1.165) is 70.0 Å². The minimum atomic E-state index is -0.708. The maximum absolute atomic E-state index is 10.1. The van der Waals surface area contributed by atoms with E-state index >= 15 is 0 Å². The average molecular weight is 469 g/mol. The average Bonchev–Trinajstić information content (AvgIpc) is 3.17. The fourth-order valence-electron chi connectivity index (χ4n) is 2.52. The van der Waals surface area contributed by atoms with Crippen molar-refractivity contribution >= 4 is 31.2 Å². The van der Waals surface area contributed by atoms with Gasteiger partial charge < -0.3 is 19.7 Å². The second kappa shape index (κ2) is 23.7. The highest BCUT2D eigenvalue weighted by molar-refractivity contribution is 7.81. The predicted molar refractivity (Wildman–Crippen MR) is 133 cm³/mol. The molecule has 0 saturated carbocycles. The summed E-state index contributed by atoms with van der Waals surface area (Å²) in [6, 6.07) is 0. The van der Waals surface area contributed by atoms with Crippen molar-refractivity contribution < 1.29 is 24.5 Å². The van der Waals surface area contributed by atoms with E-state index in [1.54, 1.807) is 0 Å². The Labute approximate surface area is 196 Å². The first kappa shape index (κ1) is 32.2. The van der Waals surface area contributed by atoms with Gasteiger partial charge in [-0.15, -0.1) is 0 Å². The van der Waals surface area contributed by atoms with Gasteiger partial charge in [-0.25, -0.2) is 0 Å². The van der Waals surface area contributed by atoms with Crippen molar-refractivity contribution in [1.82, 2.24) is 0 Å². The minimum absolute atomic E-state index is 0.279. The largest absolute Gasteiger partial charge is 0.481 e. The van der Waals surface area contributed by atoms with Crippen molar-refractivity contribution in [2.45, 2.75) is 96.8 Å². The third kappa shape index (κ3) is 28.1.